The molecular formula is C35H39N3O3. The van der Waals surface area contributed by atoms with Gasteiger partial charge in [-0.3, -0.25) is 9.59 Å². The lowest BCUT2D eigenvalue weighted by Gasteiger charge is -2.29. The zero-order chi connectivity index (χ0) is 29.5. The third kappa shape index (κ3) is 5.26. The lowest BCUT2D eigenvalue weighted by atomic mass is 9.94. The number of nitrogens with one attached hydrogen (secondary N) is 1. The molecule has 0 saturated carbocycles. The van der Waals surface area contributed by atoms with Crippen molar-refractivity contribution in [2.75, 3.05) is 20.1 Å². The summed E-state index contributed by atoms with van der Waals surface area (Å²) in [7, 11) is 1.64. The average molecular weight is 550 g/mol. The molecule has 0 aliphatic heterocycles. The minimum Gasteiger partial charge on any atom is -0.454 e. The molecule has 0 atom stereocenters. The number of aromatic nitrogens is 1. The summed E-state index contributed by atoms with van der Waals surface area (Å²) in [5, 5.41) is 4.49. The maximum absolute atomic E-state index is 13.6. The van der Waals surface area contributed by atoms with Gasteiger partial charge in [0.1, 0.15) is 11.3 Å². The highest BCUT2D eigenvalue weighted by atomic mass is 16.3. The molecule has 212 valence electrons. The average Bonchev–Trinajstić information content (AvgIpc) is 3.56. The molecule has 0 bridgehead atoms. The first-order chi connectivity index (χ1) is 19.6. The van der Waals surface area contributed by atoms with Gasteiger partial charge in [-0.15, -0.1) is 0 Å². The van der Waals surface area contributed by atoms with Crippen LogP contribution in [0.3, 0.4) is 0 Å². The van der Waals surface area contributed by atoms with Gasteiger partial charge in [-0.05, 0) is 56.0 Å². The van der Waals surface area contributed by atoms with Crippen molar-refractivity contribution in [3.63, 3.8) is 0 Å². The van der Waals surface area contributed by atoms with E-state index in [0.29, 0.717) is 35.6 Å². The first-order valence-electron chi connectivity index (χ1n) is 14.3. The molecule has 0 aliphatic rings. The second-order valence-corrected chi connectivity index (χ2v) is 11.9. The first-order valence-corrected chi connectivity index (χ1v) is 14.3. The molecule has 5 aromatic rings. The van der Waals surface area contributed by atoms with Gasteiger partial charge >= 0.3 is 0 Å². The van der Waals surface area contributed by atoms with Crippen LogP contribution in [-0.4, -0.2) is 41.4 Å². The number of hydrogen-bond acceptors (Lipinski definition) is 3. The van der Waals surface area contributed by atoms with Crippen LogP contribution in [0.1, 0.15) is 60.9 Å². The molecule has 0 aliphatic carbocycles. The topological polar surface area (TPSA) is 67.5 Å². The number of nitrogens with zero attached hydrogens (tertiary/aromatic N) is 2. The van der Waals surface area contributed by atoms with Crippen LogP contribution in [0, 0.1) is 12.3 Å². The fourth-order valence-electron chi connectivity index (χ4n) is 5.59. The van der Waals surface area contributed by atoms with Crippen molar-refractivity contribution in [3.05, 3.63) is 83.6 Å². The van der Waals surface area contributed by atoms with E-state index in [2.05, 4.69) is 49.8 Å². The SMILES string of the molecule is CCN(CC(C)(C)C)C(=O)c1cccc(-c2cc3c(C(=O)NC)c(-c4ccc(C)cc4)oc3c3ccn(CC)c23)c1. The van der Waals surface area contributed by atoms with Gasteiger partial charge in [-0.1, -0.05) is 62.7 Å². The Hall–Kier alpha value is -4.32. The van der Waals surface area contributed by atoms with Crippen LogP contribution in [0.25, 0.3) is 44.3 Å². The maximum atomic E-state index is 13.6. The second kappa shape index (κ2) is 10.9. The number of benzene rings is 3. The van der Waals surface area contributed by atoms with Crippen LogP contribution in [0.4, 0.5) is 0 Å². The van der Waals surface area contributed by atoms with Crippen molar-refractivity contribution in [1.82, 2.24) is 14.8 Å². The number of rotatable bonds is 7. The largest absolute Gasteiger partial charge is 0.454 e. The number of hydrogen-bond donors (Lipinski definition) is 1. The van der Waals surface area contributed by atoms with Crippen molar-refractivity contribution >= 4 is 33.7 Å². The fourth-order valence-corrected chi connectivity index (χ4v) is 5.59. The molecule has 6 heteroatoms. The predicted octanol–water partition coefficient (Wildman–Crippen LogP) is 7.92. The summed E-state index contributed by atoms with van der Waals surface area (Å²) in [6.45, 7) is 14.7. The Labute approximate surface area is 241 Å². The number of amides is 2. The molecule has 0 unspecified atom stereocenters. The van der Waals surface area contributed by atoms with E-state index in [9.17, 15) is 9.59 Å². The van der Waals surface area contributed by atoms with Gasteiger partial charge in [-0.2, -0.15) is 0 Å². The number of carbonyl (C=O) groups excluding carboxylic acids is 2. The summed E-state index contributed by atoms with van der Waals surface area (Å²) in [6, 6.07) is 19.9. The lowest BCUT2D eigenvalue weighted by Crippen LogP contribution is -2.37. The summed E-state index contributed by atoms with van der Waals surface area (Å²) in [4.78, 5) is 28.8. The first kappa shape index (κ1) is 28.2. The third-order valence-corrected chi connectivity index (χ3v) is 7.56. The molecule has 0 fully saturated rings. The van der Waals surface area contributed by atoms with Crippen LogP contribution in [0.15, 0.2) is 71.3 Å². The van der Waals surface area contributed by atoms with Crippen LogP contribution < -0.4 is 5.32 Å². The Morgan fingerprint density at radius 1 is 0.951 bits per heavy atom. The Morgan fingerprint density at radius 2 is 1.68 bits per heavy atom. The van der Waals surface area contributed by atoms with E-state index in [1.54, 1.807) is 7.05 Å². The minimum atomic E-state index is -0.204. The van der Waals surface area contributed by atoms with E-state index in [1.165, 1.54) is 0 Å². The molecule has 2 amide bonds. The molecule has 3 aromatic carbocycles. The third-order valence-electron chi connectivity index (χ3n) is 7.56. The van der Waals surface area contributed by atoms with E-state index in [-0.39, 0.29) is 17.2 Å². The Kier molecular flexibility index (Phi) is 7.52. The van der Waals surface area contributed by atoms with Gasteiger partial charge in [0.05, 0.1) is 11.1 Å². The molecule has 0 spiro atoms. The van der Waals surface area contributed by atoms with E-state index >= 15 is 0 Å². The lowest BCUT2D eigenvalue weighted by molar-refractivity contribution is 0.0706. The number of furan rings is 1. The summed E-state index contributed by atoms with van der Waals surface area (Å²) in [6.07, 6.45) is 2.05. The highest BCUT2D eigenvalue weighted by Crippen LogP contribution is 2.42. The Balaban J connectivity index is 1.75. The van der Waals surface area contributed by atoms with Gasteiger partial charge in [0, 0.05) is 60.3 Å². The molecule has 41 heavy (non-hydrogen) atoms. The second-order valence-electron chi connectivity index (χ2n) is 11.9. The quantitative estimate of drug-likeness (QED) is 0.224. The summed E-state index contributed by atoms with van der Waals surface area (Å²) >= 11 is 0. The van der Waals surface area contributed by atoms with E-state index < -0.39 is 0 Å². The molecule has 6 nitrogen and oxygen atoms in total. The fraction of sp³-hybridized carbons (Fsp3) is 0.314. The number of fused-ring (bicyclic) bond motifs is 3. The molecule has 2 heterocycles. The molecule has 1 N–H and O–H groups in total. The van der Waals surface area contributed by atoms with Gasteiger partial charge in [0.15, 0.2) is 0 Å². The molecule has 5 rings (SSSR count). The molecule has 0 saturated heterocycles. The molecular weight excluding hydrogens is 510 g/mol. The normalized spacial score (nSPS) is 11.8. The van der Waals surface area contributed by atoms with Crippen molar-refractivity contribution in [3.8, 4) is 22.5 Å². The van der Waals surface area contributed by atoms with Crippen LogP contribution in [0.5, 0.6) is 0 Å². The van der Waals surface area contributed by atoms with Crippen LogP contribution >= 0.6 is 0 Å². The minimum absolute atomic E-state index is 0.00483. The van der Waals surface area contributed by atoms with E-state index in [0.717, 1.165) is 45.1 Å². The highest BCUT2D eigenvalue weighted by Gasteiger charge is 2.26. The highest BCUT2D eigenvalue weighted by molar-refractivity contribution is 6.19. The number of aryl methyl sites for hydroxylation is 2. The molecule has 0 radical (unpaired) electrons. The van der Waals surface area contributed by atoms with E-state index in [1.807, 2.05) is 73.3 Å². The van der Waals surface area contributed by atoms with Gasteiger partial charge < -0.3 is 19.2 Å². The molecule has 2 aromatic heterocycles. The van der Waals surface area contributed by atoms with E-state index in [4.69, 9.17) is 4.42 Å². The summed E-state index contributed by atoms with van der Waals surface area (Å²) < 4.78 is 8.71. The zero-order valence-corrected chi connectivity index (χ0v) is 25.1. The summed E-state index contributed by atoms with van der Waals surface area (Å²) in [5.41, 5.74) is 6.70. The smallest absolute Gasteiger partial charge is 0.255 e. The van der Waals surface area contributed by atoms with Crippen molar-refractivity contribution < 1.29 is 14.0 Å². The number of carbonyl (C=O) groups is 2. The van der Waals surface area contributed by atoms with Gasteiger partial charge in [-0.25, -0.2) is 0 Å². The standard InChI is InChI=1S/C35H39N3O3/c1-8-37-18-17-26-30(37)27(24-11-10-12-25(19-24)34(40)38(9-2)21-35(4,5)6)20-28-29(33(39)36-7)31(41-32(26)28)23-15-13-22(3)14-16-23/h10-20H,8-9,21H2,1-7H3,(H,36,39). The monoisotopic (exact) mass is 549 g/mol. The van der Waals surface area contributed by atoms with Crippen LogP contribution in [0.2, 0.25) is 0 Å². The van der Waals surface area contributed by atoms with Gasteiger partial charge in [0.2, 0.25) is 0 Å². The van der Waals surface area contributed by atoms with Crippen LogP contribution in [-0.2, 0) is 6.54 Å². The maximum Gasteiger partial charge on any atom is 0.255 e. The van der Waals surface area contributed by atoms with Crippen molar-refractivity contribution in [1.29, 1.82) is 0 Å². The Bertz CT molecular complexity index is 1750. The summed E-state index contributed by atoms with van der Waals surface area (Å²) in [5.74, 6) is 0.361. The van der Waals surface area contributed by atoms with Gasteiger partial charge in [0.25, 0.3) is 11.8 Å². The Morgan fingerprint density at radius 3 is 2.32 bits per heavy atom. The predicted molar refractivity (Wildman–Crippen MR) is 167 cm³/mol. The zero-order valence-electron chi connectivity index (χ0n) is 25.1. The van der Waals surface area contributed by atoms with Crippen molar-refractivity contribution in [2.45, 2.75) is 48.1 Å². The van der Waals surface area contributed by atoms with Crippen molar-refractivity contribution in [2.24, 2.45) is 5.41 Å².